The predicted octanol–water partition coefficient (Wildman–Crippen LogP) is 1.21. The van der Waals surface area contributed by atoms with Gasteiger partial charge in [-0.25, -0.2) is 0 Å². The molecule has 2 atom stereocenters. The molecule has 1 fully saturated rings. The lowest BCUT2D eigenvalue weighted by Gasteiger charge is -2.24. The summed E-state index contributed by atoms with van der Waals surface area (Å²) in [4.78, 5) is 22.8. The maximum absolute atomic E-state index is 11.9. The number of amides is 1. The molecule has 18 heavy (non-hydrogen) atoms. The number of carbonyl (C=O) groups is 2. The predicted molar refractivity (Wildman–Crippen MR) is 60.7 cm³/mol. The number of nitrogens with zero attached hydrogens (tertiary/aromatic N) is 2. The van der Waals surface area contributed by atoms with Crippen molar-refractivity contribution in [3.05, 3.63) is 5.89 Å². The lowest BCUT2D eigenvalue weighted by Crippen LogP contribution is -2.31. The van der Waals surface area contributed by atoms with E-state index >= 15 is 0 Å². The average Bonchev–Trinajstić information content (AvgIpc) is 2.75. The second-order valence-electron chi connectivity index (χ2n) is 4.51. The van der Waals surface area contributed by atoms with Gasteiger partial charge in [-0.15, -0.1) is 5.10 Å². The van der Waals surface area contributed by atoms with Crippen molar-refractivity contribution in [1.82, 2.24) is 10.2 Å². The molecular weight excluding hydrogens is 238 g/mol. The lowest BCUT2D eigenvalue weighted by molar-refractivity contribution is -0.143. The van der Waals surface area contributed by atoms with E-state index in [1.54, 1.807) is 6.92 Å². The minimum absolute atomic E-state index is 0.0648. The van der Waals surface area contributed by atoms with Crippen molar-refractivity contribution < 1.29 is 19.1 Å². The van der Waals surface area contributed by atoms with Crippen LogP contribution in [0.5, 0.6) is 0 Å². The van der Waals surface area contributed by atoms with E-state index < -0.39 is 11.9 Å². The molecule has 1 aliphatic carbocycles. The highest BCUT2D eigenvalue weighted by atomic mass is 16.4. The Morgan fingerprint density at radius 3 is 2.67 bits per heavy atom. The summed E-state index contributed by atoms with van der Waals surface area (Å²) in [6, 6.07) is 0.0648. The van der Waals surface area contributed by atoms with Gasteiger partial charge in [-0.3, -0.25) is 14.9 Å². The third-order valence-electron chi connectivity index (χ3n) is 3.15. The van der Waals surface area contributed by atoms with Crippen molar-refractivity contribution >= 4 is 17.9 Å². The van der Waals surface area contributed by atoms with Crippen LogP contribution in [0.4, 0.5) is 6.01 Å². The number of carbonyl (C=O) groups excluding carboxylic acids is 1. The molecule has 0 saturated heterocycles. The van der Waals surface area contributed by atoms with Gasteiger partial charge in [-0.05, 0) is 19.3 Å². The Morgan fingerprint density at radius 2 is 2.06 bits per heavy atom. The Balaban J connectivity index is 1.94. The Hall–Kier alpha value is -1.92. The second-order valence-corrected chi connectivity index (χ2v) is 4.51. The summed E-state index contributed by atoms with van der Waals surface area (Å²) in [5.74, 6) is -1.44. The van der Waals surface area contributed by atoms with E-state index in [0.717, 1.165) is 6.42 Å². The monoisotopic (exact) mass is 253 g/mol. The number of rotatable bonds is 3. The summed E-state index contributed by atoms with van der Waals surface area (Å²) >= 11 is 0. The van der Waals surface area contributed by atoms with Gasteiger partial charge in [-0.1, -0.05) is 11.5 Å². The van der Waals surface area contributed by atoms with Crippen LogP contribution < -0.4 is 5.32 Å². The quantitative estimate of drug-likeness (QED) is 0.838. The molecule has 2 unspecified atom stereocenters. The minimum atomic E-state index is -0.832. The van der Waals surface area contributed by atoms with Crippen LogP contribution in [0, 0.1) is 18.8 Å². The first-order valence-electron chi connectivity index (χ1n) is 5.90. The highest BCUT2D eigenvalue weighted by molar-refractivity contribution is 5.91. The Kier molecular flexibility index (Phi) is 3.59. The van der Waals surface area contributed by atoms with Crippen LogP contribution in [0.2, 0.25) is 0 Å². The zero-order chi connectivity index (χ0) is 13.1. The number of carboxylic acid groups (broad SMARTS) is 1. The summed E-state index contributed by atoms with van der Waals surface area (Å²) in [6.07, 6.45) is 2.45. The number of aromatic nitrogens is 2. The van der Waals surface area contributed by atoms with E-state index in [0.29, 0.717) is 25.2 Å². The third-order valence-corrected chi connectivity index (χ3v) is 3.15. The molecule has 0 spiro atoms. The van der Waals surface area contributed by atoms with Crippen LogP contribution in [0.3, 0.4) is 0 Å². The topological polar surface area (TPSA) is 105 Å². The lowest BCUT2D eigenvalue weighted by atomic mass is 9.81. The highest BCUT2D eigenvalue weighted by Crippen LogP contribution is 2.30. The molecule has 1 aromatic heterocycles. The SMILES string of the molecule is Cc1nnc(NC(=O)C2CCCC(C(=O)O)C2)o1. The van der Waals surface area contributed by atoms with E-state index in [2.05, 4.69) is 15.5 Å². The van der Waals surface area contributed by atoms with E-state index in [-0.39, 0.29) is 17.8 Å². The van der Waals surface area contributed by atoms with Gasteiger partial charge in [0, 0.05) is 12.8 Å². The molecule has 98 valence electrons. The summed E-state index contributed by atoms with van der Waals surface area (Å²) < 4.78 is 5.05. The van der Waals surface area contributed by atoms with Crippen LogP contribution in [0.15, 0.2) is 4.42 Å². The molecule has 1 aromatic rings. The van der Waals surface area contributed by atoms with Crippen LogP contribution in [0.25, 0.3) is 0 Å². The van der Waals surface area contributed by atoms with E-state index in [1.165, 1.54) is 0 Å². The van der Waals surface area contributed by atoms with Gasteiger partial charge in [0.05, 0.1) is 5.92 Å². The Bertz CT molecular complexity index is 457. The number of aliphatic carboxylic acids is 1. The minimum Gasteiger partial charge on any atom is -0.481 e. The fraction of sp³-hybridized carbons (Fsp3) is 0.636. The van der Waals surface area contributed by atoms with Crippen molar-refractivity contribution in [2.24, 2.45) is 11.8 Å². The summed E-state index contributed by atoms with van der Waals surface area (Å²) in [5, 5.41) is 18.8. The van der Waals surface area contributed by atoms with Crippen LogP contribution >= 0.6 is 0 Å². The van der Waals surface area contributed by atoms with Crippen molar-refractivity contribution in [2.75, 3.05) is 5.32 Å². The van der Waals surface area contributed by atoms with E-state index in [9.17, 15) is 9.59 Å². The third kappa shape index (κ3) is 2.85. The van der Waals surface area contributed by atoms with Crippen molar-refractivity contribution in [3.8, 4) is 0 Å². The highest BCUT2D eigenvalue weighted by Gasteiger charge is 2.31. The molecule has 7 nitrogen and oxygen atoms in total. The van der Waals surface area contributed by atoms with Gasteiger partial charge in [0.1, 0.15) is 0 Å². The number of anilines is 1. The van der Waals surface area contributed by atoms with Gasteiger partial charge in [0.15, 0.2) is 0 Å². The zero-order valence-corrected chi connectivity index (χ0v) is 10.0. The molecule has 0 bridgehead atoms. The number of aryl methyl sites for hydroxylation is 1. The second kappa shape index (κ2) is 5.16. The van der Waals surface area contributed by atoms with E-state index in [1.807, 2.05) is 0 Å². The molecule has 0 aromatic carbocycles. The zero-order valence-electron chi connectivity index (χ0n) is 10.0. The normalized spacial score (nSPS) is 23.6. The van der Waals surface area contributed by atoms with Gasteiger partial charge in [0.2, 0.25) is 11.8 Å². The first-order chi connectivity index (χ1) is 8.56. The molecule has 7 heteroatoms. The molecule has 2 rings (SSSR count). The van der Waals surface area contributed by atoms with E-state index in [4.69, 9.17) is 9.52 Å². The van der Waals surface area contributed by atoms with Crippen molar-refractivity contribution in [2.45, 2.75) is 32.6 Å². The summed E-state index contributed by atoms with van der Waals surface area (Å²) in [7, 11) is 0. The summed E-state index contributed by atoms with van der Waals surface area (Å²) in [6.45, 7) is 1.63. The Morgan fingerprint density at radius 1 is 1.33 bits per heavy atom. The maximum Gasteiger partial charge on any atom is 0.322 e. The molecular formula is C11H15N3O4. The standard InChI is InChI=1S/C11H15N3O4/c1-6-13-14-11(18-6)12-9(15)7-3-2-4-8(5-7)10(16)17/h7-8H,2-5H2,1H3,(H,16,17)(H,12,14,15). The molecule has 2 N–H and O–H groups in total. The van der Waals surface area contributed by atoms with Crippen molar-refractivity contribution in [3.63, 3.8) is 0 Å². The van der Waals surface area contributed by atoms with Gasteiger partial charge in [-0.2, -0.15) is 0 Å². The number of hydrogen-bond acceptors (Lipinski definition) is 5. The fourth-order valence-corrected chi connectivity index (χ4v) is 2.21. The molecule has 1 heterocycles. The smallest absolute Gasteiger partial charge is 0.322 e. The maximum atomic E-state index is 11.9. The fourth-order valence-electron chi connectivity index (χ4n) is 2.21. The molecule has 1 saturated carbocycles. The molecule has 1 amide bonds. The number of carboxylic acids is 1. The first kappa shape index (κ1) is 12.5. The molecule has 0 radical (unpaired) electrons. The molecule has 1 aliphatic rings. The largest absolute Gasteiger partial charge is 0.481 e. The Labute approximate surface area is 104 Å². The molecule has 0 aliphatic heterocycles. The number of hydrogen-bond donors (Lipinski definition) is 2. The van der Waals surface area contributed by atoms with Crippen molar-refractivity contribution in [1.29, 1.82) is 0 Å². The van der Waals surface area contributed by atoms with Gasteiger partial charge >= 0.3 is 12.0 Å². The van der Waals surface area contributed by atoms with Crippen LogP contribution in [-0.2, 0) is 9.59 Å². The van der Waals surface area contributed by atoms with Gasteiger partial charge < -0.3 is 9.52 Å². The van der Waals surface area contributed by atoms with Crippen LogP contribution in [-0.4, -0.2) is 27.2 Å². The average molecular weight is 253 g/mol. The first-order valence-corrected chi connectivity index (χ1v) is 5.90. The van der Waals surface area contributed by atoms with Crippen LogP contribution in [0.1, 0.15) is 31.6 Å². The number of nitrogens with one attached hydrogen (secondary N) is 1. The van der Waals surface area contributed by atoms with Gasteiger partial charge in [0.25, 0.3) is 0 Å². The summed E-state index contributed by atoms with van der Waals surface area (Å²) in [5.41, 5.74) is 0.